The van der Waals surface area contributed by atoms with E-state index in [9.17, 15) is 9.59 Å². The molecule has 2 aromatic heterocycles. The van der Waals surface area contributed by atoms with E-state index in [1.54, 1.807) is 17.5 Å². The van der Waals surface area contributed by atoms with E-state index in [0.717, 1.165) is 9.88 Å². The van der Waals surface area contributed by atoms with E-state index < -0.39 is 5.41 Å². The molecular formula is C17H22N2O2S2. The minimum absolute atomic E-state index is 0.00328. The number of nitrogens with one attached hydrogen (secondary N) is 1. The van der Waals surface area contributed by atoms with Crippen LogP contribution in [-0.4, -0.2) is 15.8 Å². The van der Waals surface area contributed by atoms with E-state index in [-0.39, 0.29) is 16.8 Å². The van der Waals surface area contributed by atoms with Crippen LogP contribution in [-0.2, 0) is 10.2 Å². The SMILES string of the molecule is CC(C)(C)C(=O)C=c1[nH]c(=O)c(=Cc2cnc(C(C)(C)C)s2)s1. The quantitative estimate of drug-likeness (QED) is 0.905. The first kappa shape index (κ1) is 17.8. The number of nitrogens with zero attached hydrogens (tertiary/aromatic N) is 1. The highest BCUT2D eigenvalue weighted by molar-refractivity contribution is 7.13. The molecule has 0 fully saturated rings. The Labute approximate surface area is 143 Å². The molecule has 124 valence electrons. The first-order valence-corrected chi connectivity index (χ1v) is 9.03. The number of ketones is 1. The van der Waals surface area contributed by atoms with Crippen LogP contribution in [0.15, 0.2) is 11.0 Å². The Morgan fingerprint density at radius 2 is 1.83 bits per heavy atom. The van der Waals surface area contributed by atoms with Crippen LogP contribution in [0, 0.1) is 5.41 Å². The van der Waals surface area contributed by atoms with Crippen molar-refractivity contribution in [1.29, 1.82) is 0 Å². The Balaban J connectivity index is 2.43. The molecule has 2 aromatic rings. The fraction of sp³-hybridized carbons (Fsp3) is 0.471. The molecule has 23 heavy (non-hydrogen) atoms. The molecule has 0 saturated carbocycles. The van der Waals surface area contributed by atoms with E-state index in [1.807, 2.05) is 26.8 Å². The Morgan fingerprint density at radius 3 is 2.35 bits per heavy atom. The molecular weight excluding hydrogens is 328 g/mol. The lowest BCUT2D eigenvalue weighted by Crippen LogP contribution is -2.22. The first-order chi connectivity index (χ1) is 10.5. The average Bonchev–Trinajstić information content (AvgIpc) is 2.96. The molecule has 0 aliphatic rings. The van der Waals surface area contributed by atoms with Gasteiger partial charge in [-0.3, -0.25) is 9.59 Å². The maximum Gasteiger partial charge on any atom is 0.266 e. The lowest BCUT2D eigenvalue weighted by molar-refractivity contribution is -0.119. The fourth-order valence-electron chi connectivity index (χ4n) is 1.69. The maximum atomic E-state index is 12.1. The van der Waals surface area contributed by atoms with Gasteiger partial charge in [-0.05, 0) is 6.08 Å². The summed E-state index contributed by atoms with van der Waals surface area (Å²) in [5.74, 6) is -0.00522. The molecule has 0 radical (unpaired) electrons. The zero-order valence-corrected chi connectivity index (χ0v) is 15.9. The molecule has 2 heterocycles. The number of carbonyl (C=O) groups excluding carboxylic acids is 1. The van der Waals surface area contributed by atoms with Crippen molar-refractivity contribution in [3.05, 3.63) is 35.6 Å². The molecule has 0 amide bonds. The molecule has 0 atom stereocenters. The van der Waals surface area contributed by atoms with Gasteiger partial charge in [0, 0.05) is 28.0 Å². The van der Waals surface area contributed by atoms with Crippen LogP contribution in [0.2, 0.25) is 0 Å². The number of rotatable bonds is 2. The lowest BCUT2D eigenvalue weighted by Gasteiger charge is -2.13. The highest BCUT2D eigenvalue weighted by Crippen LogP contribution is 2.26. The van der Waals surface area contributed by atoms with Crippen LogP contribution in [0.3, 0.4) is 0 Å². The van der Waals surface area contributed by atoms with Gasteiger partial charge in [-0.1, -0.05) is 41.5 Å². The number of hydrogen-bond acceptors (Lipinski definition) is 5. The van der Waals surface area contributed by atoms with Crippen LogP contribution in [0.25, 0.3) is 12.2 Å². The Bertz CT molecular complexity index is 887. The molecule has 0 aromatic carbocycles. The normalized spacial score (nSPS) is 14.5. The van der Waals surface area contributed by atoms with Gasteiger partial charge in [0.1, 0.15) is 0 Å². The van der Waals surface area contributed by atoms with Crippen LogP contribution >= 0.6 is 22.7 Å². The van der Waals surface area contributed by atoms with Crippen molar-refractivity contribution < 1.29 is 4.79 Å². The Hall–Kier alpha value is -1.53. The lowest BCUT2D eigenvalue weighted by atomic mass is 9.91. The summed E-state index contributed by atoms with van der Waals surface area (Å²) in [6, 6.07) is 0. The van der Waals surface area contributed by atoms with Crippen LogP contribution in [0.1, 0.15) is 51.4 Å². The first-order valence-electron chi connectivity index (χ1n) is 7.40. The minimum atomic E-state index is -0.454. The zero-order valence-electron chi connectivity index (χ0n) is 14.3. The largest absolute Gasteiger partial charge is 0.313 e. The summed E-state index contributed by atoms with van der Waals surface area (Å²) in [5, 5.41) is 1.03. The molecule has 0 spiro atoms. The van der Waals surface area contributed by atoms with Gasteiger partial charge in [0.25, 0.3) is 5.56 Å². The van der Waals surface area contributed by atoms with E-state index >= 15 is 0 Å². The van der Waals surface area contributed by atoms with Crippen molar-refractivity contribution in [3.63, 3.8) is 0 Å². The number of carbonyl (C=O) groups is 1. The van der Waals surface area contributed by atoms with Gasteiger partial charge in [-0.25, -0.2) is 4.98 Å². The third kappa shape index (κ3) is 4.48. The molecule has 0 aliphatic heterocycles. The van der Waals surface area contributed by atoms with Crippen molar-refractivity contribution in [3.8, 4) is 0 Å². The van der Waals surface area contributed by atoms with Crippen LogP contribution in [0.4, 0.5) is 0 Å². The highest BCUT2D eigenvalue weighted by Gasteiger charge is 2.19. The number of aromatic nitrogens is 2. The van der Waals surface area contributed by atoms with Gasteiger partial charge in [0.05, 0.1) is 14.2 Å². The summed E-state index contributed by atoms with van der Waals surface area (Å²) in [4.78, 5) is 32.2. The maximum absolute atomic E-state index is 12.1. The molecule has 6 heteroatoms. The Morgan fingerprint density at radius 1 is 1.17 bits per heavy atom. The number of H-pyrrole nitrogens is 1. The second-order valence-electron chi connectivity index (χ2n) is 7.51. The predicted molar refractivity (Wildman–Crippen MR) is 97.5 cm³/mol. The molecule has 2 rings (SSSR count). The number of Topliss-reactive ketones (excluding diaryl/α,β-unsaturated/α-hetero) is 1. The van der Waals surface area contributed by atoms with Crippen molar-refractivity contribution in [2.24, 2.45) is 5.41 Å². The van der Waals surface area contributed by atoms with E-state index in [2.05, 4.69) is 30.7 Å². The number of hydrogen-bond donors (Lipinski definition) is 1. The summed E-state index contributed by atoms with van der Waals surface area (Å²) >= 11 is 2.88. The van der Waals surface area contributed by atoms with Crippen molar-refractivity contribution in [2.45, 2.75) is 47.0 Å². The molecule has 4 nitrogen and oxygen atoms in total. The number of thiazole rings is 2. The van der Waals surface area contributed by atoms with Crippen LogP contribution in [0.5, 0.6) is 0 Å². The van der Waals surface area contributed by atoms with Crippen LogP contribution < -0.4 is 14.8 Å². The second-order valence-corrected chi connectivity index (χ2v) is 9.65. The van der Waals surface area contributed by atoms with Crippen molar-refractivity contribution in [1.82, 2.24) is 9.97 Å². The molecule has 0 saturated heterocycles. The van der Waals surface area contributed by atoms with Gasteiger partial charge in [0.15, 0.2) is 5.78 Å². The molecule has 0 unspecified atom stereocenters. The van der Waals surface area contributed by atoms with Crippen molar-refractivity contribution >= 4 is 40.6 Å². The van der Waals surface area contributed by atoms with E-state index in [1.165, 1.54) is 17.4 Å². The van der Waals surface area contributed by atoms with Crippen molar-refractivity contribution in [2.75, 3.05) is 0 Å². The highest BCUT2D eigenvalue weighted by atomic mass is 32.1. The third-order valence-corrected chi connectivity index (χ3v) is 5.45. The summed E-state index contributed by atoms with van der Waals surface area (Å²) in [7, 11) is 0. The van der Waals surface area contributed by atoms with E-state index in [0.29, 0.717) is 9.20 Å². The second kappa shape index (κ2) is 6.17. The number of aromatic amines is 1. The van der Waals surface area contributed by atoms with E-state index in [4.69, 9.17) is 0 Å². The fourth-order valence-corrected chi connectivity index (χ4v) is 3.56. The summed E-state index contributed by atoms with van der Waals surface area (Å²) in [5.41, 5.74) is -0.630. The summed E-state index contributed by atoms with van der Waals surface area (Å²) in [6.45, 7) is 11.9. The Kier molecular flexibility index (Phi) is 4.78. The zero-order chi connectivity index (χ0) is 17.4. The predicted octanol–water partition coefficient (Wildman–Crippen LogP) is 2.41. The minimum Gasteiger partial charge on any atom is -0.313 e. The molecule has 0 aliphatic carbocycles. The summed E-state index contributed by atoms with van der Waals surface area (Å²) < 4.78 is 1.17. The standard InChI is InChI=1S/C17H22N2O2S2/c1-16(2,3)12(20)8-13-19-14(21)11(23-13)7-10-9-18-15(22-10)17(4,5)6/h7-9H,1-6H3,(H,19,21). The summed E-state index contributed by atoms with van der Waals surface area (Å²) in [6.07, 6.45) is 5.13. The van der Waals surface area contributed by atoms with Gasteiger partial charge in [-0.15, -0.1) is 22.7 Å². The topological polar surface area (TPSA) is 62.8 Å². The van der Waals surface area contributed by atoms with Gasteiger partial charge >= 0.3 is 0 Å². The smallest absolute Gasteiger partial charge is 0.266 e. The van der Waals surface area contributed by atoms with Gasteiger partial charge < -0.3 is 4.98 Å². The van der Waals surface area contributed by atoms with Gasteiger partial charge in [0.2, 0.25) is 0 Å². The molecule has 0 bridgehead atoms. The monoisotopic (exact) mass is 350 g/mol. The third-order valence-electron chi connectivity index (χ3n) is 3.12. The van der Waals surface area contributed by atoms with Gasteiger partial charge in [-0.2, -0.15) is 0 Å². The average molecular weight is 351 g/mol. The molecule has 1 N–H and O–H groups in total.